The number of rotatable bonds is 5. The lowest BCUT2D eigenvalue weighted by atomic mass is 9.95. The lowest BCUT2D eigenvalue weighted by Gasteiger charge is -2.17. The van der Waals surface area contributed by atoms with E-state index in [1.807, 2.05) is 19.3 Å². The first-order chi connectivity index (χ1) is 8.70. The molecule has 1 amide bonds. The zero-order valence-corrected chi connectivity index (χ0v) is 10.9. The van der Waals surface area contributed by atoms with Gasteiger partial charge >= 0.3 is 0 Å². The molecule has 3 N–H and O–H groups in total. The van der Waals surface area contributed by atoms with Gasteiger partial charge in [0.1, 0.15) is 0 Å². The molecule has 0 radical (unpaired) electrons. The Labute approximate surface area is 108 Å². The van der Waals surface area contributed by atoms with Crippen molar-refractivity contribution in [1.29, 1.82) is 0 Å². The van der Waals surface area contributed by atoms with Gasteiger partial charge in [-0.15, -0.1) is 0 Å². The molecule has 1 heterocycles. The van der Waals surface area contributed by atoms with Gasteiger partial charge in [0.25, 0.3) is 0 Å². The van der Waals surface area contributed by atoms with Crippen molar-refractivity contribution in [3.05, 3.63) is 18.0 Å². The molecule has 1 saturated carbocycles. The molecule has 0 spiro atoms. The van der Waals surface area contributed by atoms with Gasteiger partial charge in [0.15, 0.2) is 0 Å². The molecule has 2 atom stereocenters. The summed E-state index contributed by atoms with van der Waals surface area (Å²) in [6, 6.07) is 1.98. The predicted molar refractivity (Wildman–Crippen MR) is 69.8 cm³/mol. The lowest BCUT2D eigenvalue weighted by molar-refractivity contribution is -0.125. The summed E-state index contributed by atoms with van der Waals surface area (Å²) in [6.07, 6.45) is 5.90. The Balaban J connectivity index is 1.74. The van der Waals surface area contributed by atoms with E-state index in [2.05, 4.69) is 10.4 Å². The van der Waals surface area contributed by atoms with Crippen LogP contribution in [0.5, 0.6) is 0 Å². The lowest BCUT2D eigenvalue weighted by Crippen LogP contribution is -2.36. The Morgan fingerprint density at radius 1 is 1.61 bits per heavy atom. The van der Waals surface area contributed by atoms with E-state index < -0.39 is 0 Å². The molecule has 100 valence electrons. The third kappa shape index (κ3) is 3.10. The molecule has 1 aliphatic rings. The van der Waals surface area contributed by atoms with Gasteiger partial charge in [0, 0.05) is 32.1 Å². The summed E-state index contributed by atoms with van der Waals surface area (Å²) >= 11 is 0. The van der Waals surface area contributed by atoms with Crippen LogP contribution in [0.25, 0.3) is 0 Å². The highest BCUT2D eigenvalue weighted by molar-refractivity contribution is 5.79. The molecule has 0 aromatic carbocycles. The van der Waals surface area contributed by atoms with Crippen LogP contribution < -0.4 is 11.1 Å². The molecule has 1 aliphatic carbocycles. The maximum atomic E-state index is 12.0. The molecular weight excluding hydrogens is 228 g/mol. The number of carbonyl (C=O) groups is 1. The number of hydrogen-bond donors (Lipinski definition) is 2. The van der Waals surface area contributed by atoms with E-state index in [9.17, 15) is 4.79 Å². The molecule has 5 heteroatoms. The standard InChI is InChI=1S/C13H22N4O/c1-17-8-6-11(16-17)5-7-15-13(18)12-4-2-3-10(12)9-14/h6,8,10,12H,2-5,7,9,14H2,1H3,(H,15,18). The van der Waals surface area contributed by atoms with Gasteiger partial charge in [-0.2, -0.15) is 5.10 Å². The van der Waals surface area contributed by atoms with Gasteiger partial charge in [-0.25, -0.2) is 0 Å². The largest absolute Gasteiger partial charge is 0.355 e. The van der Waals surface area contributed by atoms with E-state index in [0.717, 1.165) is 31.4 Å². The molecule has 1 aromatic rings. The summed E-state index contributed by atoms with van der Waals surface area (Å²) in [7, 11) is 1.90. The molecule has 0 aliphatic heterocycles. The van der Waals surface area contributed by atoms with Crippen LogP contribution in [0.3, 0.4) is 0 Å². The monoisotopic (exact) mass is 250 g/mol. The van der Waals surface area contributed by atoms with Gasteiger partial charge in [-0.3, -0.25) is 9.48 Å². The predicted octanol–water partition coefficient (Wildman–Crippen LogP) is 0.454. The van der Waals surface area contributed by atoms with Crippen LogP contribution in [0.1, 0.15) is 25.0 Å². The van der Waals surface area contributed by atoms with E-state index >= 15 is 0 Å². The molecule has 1 aromatic heterocycles. The summed E-state index contributed by atoms with van der Waals surface area (Å²) in [4.78, 5) is 12.0. The van der Waals surface area contributed by atoms with Crippen molar-refractivity contribution in [3.8, 4) is 0 Å². The maximum Gasteiger partial charge on any atom is 0.223 e. The van der Waals surface area contributed by atoms with Crippen LogP contribution >= 0.6 is 0 Å². The zero-order valence-electron chi connectivity index (χ0n) is 10.9. The van der Waals surface area contributed by atoms with Crippen molar-refractivity contribution >= 4 is 5.91 Å². The average molecular weight is 250 g/mol. The van der Waals surface area contributed by atoms with E-state index in [4.69, 9.17) is 5.73 Å². The second kappa shape index (κ2) is 6.00. The first kappa shape index (κ1) is 13.1. The number of nitrogens with zero attached hydrogens (tertiary/aromatic N) is 2. The van der Waals surface area contributed by atoms with Crippen LogP contribution in [-0.2, 0) is 18.3 Å². The van der Waals surface area contributed by atoms with Gasteiger partial charge in [0.2, 0.25) is 5.91 Å². The third-order valence-corrected chi connectivity index (χ3v) is 3.75. The minimum Gasteiger partial charge on any atom is -0.355 e. The van der Waals surface area contributed by atoms with E-state index in [-0.39, 0.29) is 11.8 Å². The normalized spacial score (nSPS) is 23.2. The molecule has 5 nitrogen and oxygen atoms in total. The number of aryl methyl sites for hydroxylation is 1. The molecule has 0 saturated heterocycles. The summed E-state index contributed by atoms with van der Waals surface area (Å²) in [6.45, 7) is 1.28. The summed E-state index contributed by atoms with van der Waals surface area (Å²) < 4.78 is 1.78. The van der Waals surface area contributed by atoms with Crippen LogP contribution in [-0.4, -0.2) is 28.8 Å². The highest BCUT2D eigenvalue weighted by atomic mass is 16.1. The number of carbonyl (C=O) groups excluding carboxylic acids is 1. The highest BCUT2D eigenvalue weighted by Crippen LogP contribution is 2.30. The number of hydrogen-bond acceptors (Lipinski definition) is 3. The van der Waals surface area contributed by atoms with Crippen LogP contribution in [0.15, 0.2) is 12.3 Å². The molecule has 18 heavy (non-hydrogen) atoms. The fourth-order valence-corrected chi connectivity index (χ4v) is 2.71. The second-order valence-corrected chi connectivity index (χ2v) is 5.05. The number of nitrogens with one attached hydrogen (secondary N) is 1. The van der Waals surface area contributed by atoms with Crippen LogP contribution in [0.4, 0.5) is 0 Å². The van der Waals surface area contributed by atoms with Crippen LogP contribution in [0.2, 0.25) is 0 Å². The highest BCUT2D eigenvalue weighted by Gasteiger charge is 2.31. The van der Waals surface area contributed by atoms with Gasteiger partial charge in [-0.1, -0.05) is 6.42 Å². The van der Waals surface area contributed by atoms with Crippen molar-refractivity contribution in [3.63, 3.8) is 0 Å². The number of nitrogens with two attached hydrogens (primary N) is 1. The van der Waals surface area contributed by atoms with Crippen molar-refractivity contribution < 1.29 is 4.79 Å². The summed E-state index contributed by atoms with van der Waals surface area (Å²) in [5.74, 6) is 0.664. The van der Waals surface area contributed by atoms with Gasteiger partial charge < -0.3 is 11.1 Å². The zero-order chi connectivity index (χ0) is 13.0. The quantitative estimate of drug-likeness (QED) is 0.797. The van der Waals surface area contributed by atoms with Crippen molar-refractivity contribution in [2.45, 2.75) is 25.7 Å². The van der Waals surface area contributed by atoms with Crippen molar-refractivity contribution in [2.24, 2.45) is 24.6 Å². The fourth-order valence-electron chi connectivity index (χ4n) is 2.71. The minimum atomic E-state index is 0.124. The Bertz CT molecular complexity index is 401. The maximum absolute atomic E-state index is 12.0. The third-order valence-electron chi connectivity index (χ3n) is 3.75. The van der Waals surface area contributed by atoms with Crippen molar-refractivity contribution in [2.75, 3.05) is 13.1 Å². The van der Waals surface area contributed by atoms with E-state index in [1.165, 1.54) is 0 Å². The Kier molecular flexibility index (Phi) is 4.36. The minimum absolute atomic E-state index is 0.124. The Morgan fingerprint density at radius 2 is 2.44 bits per heavy atom. The van der Waals surface area contributed by atoms with E-state index in [0.29, 0.717) is 19.0 Å². The first-order valence-electron chi connectivity index (χ1n) is 6.67. The Morgan fingerprint density at radius 3 is 3.11 bits per heavy atom. The molecule has 2 unspecified atom stereocenters. The van der Waals surface area contributed by atoms with Gasteiger partial charge in [0.05, 0.1) is 5.69 Å². The Hall–Kier alpha value is -1.36. The topological polar surface area (TPSA) is 72.9 Å². The molecular formula is C13H22N4O. The summed E-state index contributed by atoms with van der Waals surface area (Å²) in [5, 5.41) is 7.28. The number of aromatic nitrogens is 2. The number of amides is 1. The van der Waals surface area contributed by atoms with Crippen molar-refractivity contribution in [1.82, 2.24) is 15.1 Å². The second-order valence-electron chi connectivity index (χ2n) is 5.05. The molecule has 1 fully saturated rings. The van der Waals surface area contributed by atoms with E-state index in [1.54, 1.807) is 4.68 Å². The summed E-state index contributed by atoms with van der Waals surface area (Å²) in [5.41, 5.74) is 6.71. The van der Waals surface area contributed by atoms with Crippen LogP contribution in [0, 0.1) is 11.8 Å². The fraction of sp³-hybridized carbons (Fsp3) is 0.692. The first-order valence-corrected chi connectivity index (χ1v) is 6.67. The average Bonchev–Trinajstić information content (AvgIpc) is 2.97. The SMILES string of the molecule is Cn1ccc(CCNC(=O)C2CCCC2CN)n1. The smallest absolute Gasteiger partial charge is 0.223 e. The van der Waals surface area contributed by atoms with Gasteiger partial charge in [-0.05, 0) is 31.4 Å². The molecule has 2 rings (SSSR count). The molecule has 0 bridgehead atoms.